The lowest BCUT2D eigenvalue weighted by Gasteiger charge is -2.39. The highest BCUT2D eigenvalue weighted by Gasteiger charge is 2.54. The number of hydrogen-bond donors (Lipinski definition) is 3. The second-order valence-electron chi connectivity index (χ2n) is 15.5. The highest BCUT2D eigenvalue weighted by atomic mass is 16.6. The van der Waals surface area contributed by atoms with E-state index < -0.39 is 27.9 Å². The number of aliphatic hydroxyl groups is 2. The molecular weight excluding hydrogens is 725 g/mol. The van der Waals surface area contributed by atoms with E-state index in [0.717, 1.165) is 41.2 Å². The number of amides is 3. The van der Waals surface area contributed by atoms with Gasteiger partial charge in [-0.05, 0) is 79.4 Å². The number of hydrogen-bond acceptors (Lipinski definition) is 9. The van der Waals surface area contributed by atoms with Crippen LogP contribution in [0.25, 0.3) is 0 Å². The number of non-ortho nitro benzene ring substituents is 1. The van der Waals surface area contributed by atoms with Crippen LogP contribution in [-0.4, -0.2) is 75.7 Å². The van der Waals surface area contributed by atoms with Crippen molar-refractivity contribution < 1.29 is 29.5 Å². The number of nitro groups is 1. The second-order valence-corrected chi connectivity index (χ2v) is 15.5. The van der Waals surface area contributed by atoms with Crippen molar-refractivity contribution in [3.63, 3.8) is 0 Å². The normalized spacial score (nSPS) is 22.0. The average molecular weight is 771 g/mol. The van der Waals surface area contributed by atoms with Crippen LogP contribution in [0.5, 0.6) is 0 Å². The Kier molecular flexibility index (Phi) is 10.1. The number of nitro benzene ring substituents is 1. The van der Waals surface area contributed by atoms with Gasteiger partial charge in [-0.3, -0.25) is 29.4 Å². The van der Waals surface area contributed by atoms with Crippen molar-refractivity contribution in [2.45, 2.75) is 62.9 Å². The number of aliphatic hydroxyl groups excluding tert-OH is 1. The number of rotatable bonds is 10. The summed E-state index contributed by atoms with van der Waals surface area (Å²) in [6.45, 7) is 3.80. The van der Waals surface area contributed by atoms with E-state index in [0.29, 0.717) is 38.2 Å². The third-order valence-electron chi connectivity index (χ3n) is 12.3. The van der Waals surface area contributed by atoms with E-state index in [9.17, 15) is 34.7 Å². The Bertz CT molecular complexity index is 2220. The lowest BCUT2D eigenvalue weighted by atomic mass is 9.82. The molecule has 4 aliphatic rings. The summed E-state index contributed by atoms with van der Waals surface area (Å²) in [5.41, 5.74) is 1.99. The fourth-order valence-corrected chi connectivity index (χ4v) is 9.01. The molecule has 0 saturated carbocycles. The molecule has 0 aromatic heterocycles. The van der Waals surface area contributed by atoms with Crippen LogP contribution in [0.15, 0.2) is 109 Å². The van der Waals surface area contributed by atoms with E-state index in [2.05, 4.69) is 10.2 Å². The van der Waals surface area contributed by atoms with Gasteiger partial charge in [0.15, 0.2) is 5.60 Å². The molecule has 3 N–H and O–H groups in total. The quantitative estimate of drug-likeness (QED) is 0.117. The highest BCUT2D eigenvalue weighted by Crippen LogP contribution is 2.47. The Morgan fingerprint density at radius 1 is 0.947 bits per heavy atom. The minimum atomic E-state index is -2.15. The van der Waals surface area contributed by atoms with Gasteiger partial charge in [0, 0.05) is 48.0 Å². The predicted molar refractivity (Wildman–Crippen MR) is 215 cm³/mol. The number of anilines is 3. The van der Waals surface area contributed by atoms with Gasteiger partial charge in [0.05, 0.1) is 36.5 Å². The summed E-state index contributed by atoms with van der Waals surface area (Å²) in [6, 6.07) is 28.9. The minimum absolute atomic E-state index is 0.0221. The van der Waals surface area contributed by atoms with Crippen LogP contribution in [0.3, 0.4) is 0 Å². The van der Waals surface area contributed by atoms with Crippen molar-refractivity contribution in [3.05, 3.63) is 142 Å². The Morgan fingerprint density at radius 3 is 2.35 bits per heavy atom. The summed E-state index contributed by atoms with van der Waals surface area (Å²) in [7, 11) is 0. The summed E-state index contributed by atoms with van der Waals surface area (Å²) in [5, 5.41) is 37.5. The number of nitrogens with one attached hydrogen (secondary N) is 1. The first-order valence-corrected chi connectivity index (χ1v) is 19.5. The summed E-state index contributed by atoms with van der Waals surface area (Å²) in [6.07, 6.45) is 5.11. The number of benzene rings is 4. The predicted octanol–water partition coefficient (Wildman–Crippen LogP) is 4.79. The molecule has 1 spiro atoms. The maximum Gasteiger partial charge on any atom is 0.269 e. The summed E-state index contributed by atoms with van der Waals surface area (Å²) in [5.74, 6) is -1.65. The van der Waals surface area contributed by atoms with Crippen LogP contribution in [-0.2, 0) is 39.5 Å². The van der Waals surface area contributed by atoms with Crippen LogP contribution >= 0.6 is 0 Å². The van der Waals surface area contributed by atoms with E-state index >= 15 is 0 Å². The van der Waals surface area contributed by atoms with Crippen LogP contribution in [0.2, 0.25) is 0 Å². The summed E-state index contributed by atoms with van der Waals surface area (Å²) >= 11 is 0. The molecule has 57 heavy (non-hydrogen) atoms. The monoisotopic (exact) mass is 770 g/mol. The van der Waals surface area contributed by atoms with Crippen LogP contribution < -0.4 is 20.0 Å². The molecule has 0 bridgehead atoms. The zero-order valence-electron chi connectivity index (χ0n) is 31.8. The second kappa shape index (κ2) is 15.2. The zero-order valence-corrected chi connectivity index (χ0v) is 31.8. The molecule has 0 aliphatic carbocycles. The summed E-state index contributed by atoms with van der Waals surface area (Å²) in [4.78, 5) is 60.3. The molecule has 13 nitrogen and oxygen atoms in total. The molecule has 4 aromatic rings. The van der Waals surface area contributed by atoms with Gasteiger partial charge in [-0.15, -0.1) is 0 Å². The van der Waals surface area contributed by atoms with Crippen LogP contribution in [0.4, 0.5) is 22.7 Å². The van der Waals surface area contributed by atoms with Crippen molar-refractivity contribution in [3.8, 4) is 0 Å². The van der Waals surface area contributed by atoms with Gasteiger partial charge in [0.1, 0.15) is 5.54 Å². The number of nitrogens with zero attached hydrogens (tertiary/aromatic N) is 5. The van der Waals surface area contributed by atoms with Gasteiger partial charge in [0.25, 0.3) is 17.5 Å². The Labute approximate surface area is 331 Å². The molecule has 0 unspecified atom stereocenters. The Balaban J connectivity index is 1.01. The van der Waals surface area contributed by atoms with Crippen LogP contribution in [0, 0.1) is 16.0 Å². The first kappa shape index (κ1) is 38.0. The van der Waals surface area contributed by atoms with Gasteiger partial charge in [-0.25, -0.2) is 0 Å². The standard InChI is InChI=1S/C44H46N6O7/c1-30(8-7-13-40(52)46-27-33-10-6-5-9-32(33)24-37(46)28-51)44(55)38-25-36(50(56)57)18-19-39(38)47(42(44)54)26-31-14-16-34(17-15-31)48-29-49(35-11-3-2-4-12-35)43(41(48)53)20-22-45-23-21-43/h2-12,14-19,25,30,37,45,51,55H,13,20-24,26-29H2,1H3/b8-7+/t30-,37+,44+/m1/s1. The maximum absolute atomic E-state index is 14.3. The van der Waals surface area contributed by atoms with Gasteiger partial charge >= 0.3 is 0 Å². The molecule has 4 aromatic carbocycles. The lowest BCUT2D eigenvalue weighted by molar-refractivity contribution is -0.385. The third kappa shape index (κ3) is 6.65. The molecule has 2 fully saturated rings. The Hall–Kier alpha value is -5.89. The number of piperidine rings is 1. The molecule has 13 heteroatoms. The van der Waals surface area contributed by atoms with E-state index in [-0.39, 0.29) is 48.7 Å². The highest BCUT2D eigenvalue weighted by molar-refractivity contribution is 6.08. The molecule has 8 rings (SSSR count). The van der Waals surface area contributed by atoms with E-state index in [4.69, 9.17) is 0 Å². The molecule has 4 aliphatic heterocycles. The molecular formula is C44H46N6O7. The van der Waals surface area contributed by atoms with Crippen molar-refractivity contribution in [1.82, 2.24) is 10.2 Å². The Morgan fingerprint density at radius 2 is 1.65 bits per heavy atom. The molecule has 0 radical (unpaired) electrons. The lowest BCUT2D eigenvalue weighted by Crippen LogP contribution is -2.55. The van der Waals surface area contributed by atoms with Crippen molar-refractivity contribution in [2.24, 2.45) is 5.92 Å². The maximum atomic E-state index is 14.3. The first-order valence-electron chi connectivity index (χ1n) is 19.5. The van der Waals surface area contributed by atoms with E-state index in [1.54, 1.807) is 24.0 Å². The minimum Gasteiger partial charge on any atom is -0.394 e. The number of carbonyl (C=O) groups is 3. The number of fused-ring (bicyclic) bond motifs is 2. The topological polar surface area (TPSA) is 160 Å². The fraction of sp³-hybridized carbons (Fsp3) is 0.341. The van der Waals surface area contributed by atoms with Gasteiger partial charge in [0.2, 0.25) is 5.91 Å². The van der Waals surface area contributed by atoms with Crippen LogP contribution in [0.1, 0.15) is 48.4 Å². The largest absolute Gasteiger partial charge is 0.394 e. The first-order chi connectivity index (χ1) is 27.5. The molecule has 3 amide bonds. The average Bonchev–Trinajstić information content (AvgIpc) is 3.63. The summed E-state index contributed by atoms with van der Waals surface area (Å²) < 4.78 is 0. The SMILES string of the molecule is C[C@H](/C=C/CC(=O)N1Cc2ccccc2C[C@H]1CO)[C@@]1(O)C(=O)N(Cc2ccc(N3CN(c4ccccc4)C4(CCNCC4)C3=O)cc2)c2ccc([N+](=O)[O-])cc21. The molecule has 3 atom stereocenters. The number of para-hydroxylation sites is 1. The van der Waals surface area contributed by atoms with E-state index in [1.165, 1.54) is 23.1 Å². The smallest absolute Gasteiger partial charge is 0.269 e. The molecule has 4 heterocycles. The van der Waals surface area contributed by atoms with Crippen molar-refractivity contribution in [1.29, 1.82) is 0 Å². The molecule has 294 valence electrons. The van der Waals surface area contributed by atoms with Crippen molar-refractivity contribution >= 4 is 40.5 Å². The number of carbonyl (C=O) groups excluding carboxylic acids is 3. The zero-order chi connectivity index (χ0) is 39.9. The van der Waals surface area contributed by atoms with Gasteiger partial charge in [-0.1, -0.05) is 73.7 Å². The van der Waals surface area contributed by atoms with Gasteiger partial charge in [-0.2, -0.15) is 0 Å². The third-order valence-corrected chi connectivity index (χ3v) is 12.3. The van der Waals surface area contributed by atoms with Crippen molar-refractivity contribution in [2.75, 3.05) is 41.1 Å². The van der Waals surface area contributed by atoms with Gasteiger partial charge < -0.3 is 30.2 Å². The molecule has 2 saturated heterocycles. The van der Waals surface area contributed by atoms with E-state index in [1.807, 2.05) is 83.8 Å². The fourth-order valence-electron chi connectivity index (χ4n) is 9.01.